The summed E-state index contributed by atoms with van der Waals surface area (Å²) in [5.74, 6) is -0.598. The van der Waals surface area contributed by atoms with Crippen LogP contribution in [0.4, 0.5) is 28.9 Å². The van der Waals surface area contributed by atoms with Crippen LogP contribution in [-0.2, 0) is 0 Å². The molecule has 3 nitrogen and oxygen atoms in total. The van der Waals surface area contributed by atoms with E-state index in [0.717, 1.165) is 11.0 Å². The second-order valence-corrected chi connectivity index (χ2v) is 4.52. The van der Waals surface area contributed by atoms with E-state index in [4.69, 9.17) is 10.5 Å². The van der Waals surface area contributed by atoms with Gasteiger partial charge in [0.2, 0.25) is 0 Å². The van der Waals surface area contributed by atoms with Crippen LogP contribution in [-0.4, -0.2) is 25.9 Å². The van der Waals surface area contributed by atoms with Gasteiger partial charge in [-0.1, -0.05) is 0 Å². The van der Waals surface area contributed by atoms with Crippen molar-refractivity contribution in [2.24, 2.45) is 0 Å². The summed E-state index contributed by atoms with van der Waals surface area (Å²) >= 11 is 0. The highest BCUT2D eigenvalue weighted by atomic mass is 19.4. The van der Waals surface area contributed by atoms with Crippen molar-refractivity contribution in [3.05, 3.63) is 17.9 Å². The molecule has 0 radical (unpaired) electrons. The normalized spacial score (nSPS) is 15.4. The Bertz CT molecular complexity index is 472. The first-order chi connectivity index (χ1) is 8.81. The van der Waals surface area contributed by atoms with E-state index in [1.807, 2.05) is 0 Å². The summed E-state index contributed by atoms with van der Waals surface area (Å²) in [5.41, 5.74) is 5.46. The monoisotopic (exact) mass is 278 g/mol. The lowest BCUT2D eigenvalue weighted by Gasteiger charge is -2.26. The lowest BCUT2D eigenvalue weighted by Crippen LogP contribution is -2.36. The fraction of sp³-hybridized carbons (Fsp3) is 0.500. The fourth-order valence-corrected chi connectivity index (χ4v) is 1.95. The summed E-state index contributed by atoms with van der Waals surface area (Å²) < 4.78 is 56.4. The van der Waals surface area contributed by atoms with Crippen molar-refractivity contribution in [2.75, 3.05) is 24.3 Å². The quantitative estimate of drug-likeness (QED) is 0.679. The molecule has 0 atom stereocenters. The summed E-state index contributed by atoms with van der Waals surface area (Å²) in [6, 6.07) is 1.93. The predicted molar refractivity (Wildman–Crippen MR) is 63.8 cm³/mol. The van der Waals surface area contributed by atoms with Crippen molar-refractivity contribution >= 4 is 11.4 Å². The van der Waals surface area contributed by atoms with Crippen LogP contribution in [0.5, 0.6) is 5.75 Å². The predicted octanol–water partition coefficient (Wildman–Crippen LogP) is 2.95. The Morgan fingerprint density at radius 3 is 2.47 bits per heavy atom. The minimum absolute atomic E-state index is 0.0616. The van der Waals surface area contributed by atoms with Crippen LogP contribution in [0.3, 0.4) is 0 Å². The third-order valence-corrected chi connectivity index (χ3v) is 2.95. The Balaban J connectivity index is 2.36. The highest BCUT2D eigenvalue weighted by Gasteiger charge is 2.39. The van der Waals surface area contributed by atoms with E-state index in [9.17, 15) is 17.6 Å². The molecule has 1 aromatic rings. The van der Waals surface area contributed by atoms with Crippen molar-refractivity contribution < 1.29 is 22.3 Å². The van der Waals surface area contributed by atoms with Gasteiger partial charge in [-0.3, -0.25) is 0 Å². The smallest absolute Gasteiger partial charge is 0.405 e. The second kappa shape index (κ2) is 4.79. The number of nitrogen functional groups attached to an aromatic ring is 1. The largest absolute Gasteiger partial charge is 0.495 e. The van der Waals surface area contributed by atoms with E-state index in [1.54, 1.807) is 0 Å². The molecule has 106 valence electrons. The molecule has 1 aromatic carbocycles. The van der Waals surface area contributed by atoms with Gasteiger partial charge in [0.15, 0.2) is 0 Å². The van der Waals surface area contributed by atoms with E-state index in [2.05, 4.69) is 0 Å². The molecule has 0 saturated heterocycles. The minimum Gasteiger partial charge on any atom is -0.495 e. The van der Waals surface area contributed by atoms with Crippen LogP contribution in [0.15, 0.2) is 12.1 Å². The number of benzene rings is 1. The molecule has 2 rings (SSSR count). The first kappa shape index (κ1) is 13.8. The number of nitrogens with two attached hydrogens (primary N) is 1. The summed E-state index contributed by atoms with van der Waals surface area (Å²) in [6.07, 6.45) is -3.13. The zero-order valence-corrected chi connectivity index (χ0v) is 10.3. The van der Waals surface area contributed by atoms with Gasteiger partial charge in [0.1, 0.15) is 18.1 Å². The third kappa shape index (κ3) is 3.21. The zero-order chi connectivity index (χ0) is 14.2. The van der Waals surface area contributed by atoms with Gasteiger partial charge in [-0.25, -0.2) is 4.39 Å². The maximum atomic E-state index is 13.8. The van der Waals surface area contributed by atoms with E-state index >= 15 is 0 Å². The van der Waals surface area contributed by atoms with Gasteiger partial charge in [0.05, 0.1) is 18.5 Å². The molecule has 0 unspecified atom stereocenters. The van der Waals surface area contributed by atoms with Crippen LogP contribution < -0.4 is 15.4 Å². The number of ether oxygens (including phenoxy) is 1. The lowest BCUT2D eigenvalue weighted by atomic mass is 10.2. The molecule has 0 bridgehead atoms. The Labute approximate surface area is 107 Å². The van der Waals surface area contributed by atoms with Gasteiger partial charge < -0.3 is 15.4 Å². The standard InChI is InChI=1S/C12H14F4N2O/c1-19-11-5-10(8(13)4-9(11)17)18(7-2-3-7)6-12(14,15)16/h4-5,7H,2-3,6,17H2,1H3. The number of halogens is 4. The van der Waals surface area contributed by atoms with Gasteiger partial charge in [0.25, 0.3) is 0 Å². The number of rotatable bonds is 4. The SMILES string of the molecule is COc1cc(N(CC(F)(F)F)C2CC2)c(F)cc1N. The average molecular weight is 278 g/mol. The molecule has 0 spiro atoms. The molecule has 19 heavy (non-hydrogen) atoms. The molecule has 0 amide bonds. The molecule has 7 heteroatoms. The van der Waals surface area contributed by atoms with Crippen molar-refractivity contribution in [3.8, 4) is 5.75 Å². The summed E-state index contributed by atoms with van der Waals surface area (Å²) in [6.45, 7) is -1.18. The van der Waals surface area contributed by atoms with E-state index in [1.165, 1.54) is 13.2 Å². The maximum absolute atomic E-state index is 13.8. The van der Waals surface area contributed by atoms with Crippen molar-refractivity contribution in [1.29, 1.82) is 0 Å². The molecule has 0 heterocycles. The summed E-state index contributed by atoms with van der Waals surface area (Å²) in [7, 11) is 1.33. The minimum atomic E-state index is -4.39. The lowest BCUT2D eigenvalue weighted by molar-refractivity contribution is -0.120. The molecule has 0 aromatic heterocycles. The molecule has 2 N–H and O–H groups in total. The number of nitrogens with zero attached hydrogens (tertiary/aromatic N) is 1. The van der Waals surface area contributed by atoms with Gasteiger partial charge in [-0.2, -0.15) is 13.2 Å². The first-order valence-electron chi connectivity index (χ1n) is 5.78. The molecule has 1 aliphatic carbocycles. The van der Waals surface area contributed by atoms with Gasteiger partial charge in [-0.15, -0.1) is 0 Å². The number of methoxy groups -OCH3 is 1. The van der Waals surface area contributed by atoms with Crippen LogP contribution >= 0.6 is 0 Å². The first-order valence-corrected chi connectivity index (χ1v) is 5.78. The number of hydrogen-bond acceptors (Lipinski definition) is 3. The van der Waals surface area contributed by atoms with Gasteiger partial charge in [-0.05, 0) is 12.8 Å². The third-order valence-electron chi connectivity index (χ3n) is 2.95. The highest BCUT2D eigenvalue weighted by Crippen LogP contribution is 2.38. The molecule has 1 aliphatic rings. The summed E-state index contributed by atoms with van der Waals surface area (Å²) in [4.78, 5) is 1.03. The molecule has 1 saturated carbocycles. The maximum Gasteiger partial charge on any atom is 0.405 e. The fourth-order valence-electron chi connectivity index (χ4n) is 1.95. The van der Waals surface area contributed by atoms with Crippen LogP contribution in [0.2, 0.25) is 0 Å². The average Bonchev–Trinajstić information content (AvgIpc) is 3.09. The van der Waals surface area contributed by atoms with Gasteiger partial charge in [0, 0.05) is 18.2 Å². The van der Waals surface area contributed by atoms with Crippen LogP contribution in [0.1, 0.15) is 12.8 Å². The van der Waals surface area contributed by atoms with Crippen molar-refractivity contribution in [2.45, 2.75) is 25.1 Å². The van der Waals surface area contributed by atoms with Crippen LogP contribution in [0.25, 0.3) is 0 Å². The molecular formula is C12H14F4N2O. The Morgan fingerprint density at radius 1 is 1.37 bits per heavy atom. The molecule has 1 fully saturated rings. The summed E-state index contributed by atoms with van der Waals surface area (Å²) in [5, 5.41) is 0. The second-order valence-electron chi connectivity index (χ2n) is 4.52. The Hall–Kier alpha value is -1.66. The number of alkyl halides is 3. The van der Waals surface area contributed by atoms with Crippen molar-refractivity contribution in [1.82, 2.24) is 0 Å². The molecule has 0 aliphatic heterocycles. The highest BCUT2D eigenvalue weighted by molar-refractivity contribution is 5.64. The van der Waals surface area contributed by atoms with E-state index in [0.29, 0.717) is 12.8 Å². The van der Waals surface area contributed by atoms with E-state index < -0.39 is 18.5 Å². The van der Waals surface area contributed by atoms with E-state index in [-0.39, 0.29) is 23.2 Å². The van der Waals surface area contributed by atoms with Crippen LogP contribution in [0, 0.1) is 5.82 Å². The zero-order valence-electron chi connectivity index (χ0n) is 10.3. The number of anilines is 2. The topological polar surface area (TPSA) is 38.5 Å². The van der Waals surface area contributed by atoms with Gasteiger partial charge >= 0.3 is 6.18 Å². The van der Waals surface area contributed by atoms with Crippen molar-refractivity contribution in [3.63, 3.8) is 0 Å². The number of hydrogen-bond donors (Lipinski definition) is 1. The molecular weight excluding hydrogens is 264 g/mol. The Morgan fingerprint density at radius 2 is 2.00 bits per heavy atom. The Kier molecular flexibility index (Phi) is 3.47.